The predicted molar refractivity (Wildman–Crippen MR) is 86.4 cm³/mol. The molecule has 1 saturated heterocycles. The number of nitrogens with zero attached hydrogens (tertiary/aromatic N) is 1. The zero-order chi connectivity index (χ0) is 13.8. The number of aromatic nitrogens is 1. The van der Waals surface area contributed by atoms with Gasteiger partial charge < -0.3 is 5.32 Å². The molecular weight excluding hydrogens is 264 g/mol. The molecule has 2 heterocycles. The maximum absolute atomic E-state index is 4.86. The first-order valence-corrected chi connectivity index (χ1v) is 8.50. The van der Waals surface area contributed by atoms with Gasteiger partial charge in [0.2, 0.25) is 0 Å². The molecule has 0 amide bonds. The highest BCUT2D eigenvalue weighted by molar-refractivity contribution is 7.10. The summed E-state index contributed by atoms with van der Waals surface area (Å²) in [5, 5.41) is 6.97. The Hall–Kier alpha value is -1.19. The van der Waals surface area contributed by atoms with E-state index in [-0.39, 0.29) is 0 Å². The quantitative estimate of drug-likeness (QED) is 0.910. The van der Waals surface area contributed by atoms with E-state index in [4.69, 9.17) is 4.98 Å². The minimum absolute atomic E-state index is 0.613. The van der Waals surface area contributed by atoms with Gasteiger partial charge in [-0.15, -0.1) is 11.3 Å². The van der Waals surface area contributed by atoms with Gasteiger partial charge in [-0.05, 0) is 31.4 Å². The van der Waals surface area contributed by atoms with Gasteiger partial charge in [-0.2, -0.15) is 0 Å². The molecule has 1 atom stereocenters. The topological polar surface area (TPSA) is 24.9 Å². The molecule has 106 valence electrons. The summed E-state index contributed by atoms with van der Waals surface area (Å²) < 4.78 is 0. The van der Waals surface area contributed by atoms with Crippen LogP contribution < -0.4 is 5.32 Å². The van der Waals surface area contributed by atoms with Crippen molar-refractivity contribution >= 4 is 11.3 Å². The Morgan fingerprint density at radius 1 is 1.30 bits per heavy atom. The monoisotopic (exact) mass is 286 g/mol. The first-order valence-electron chi connectivity index (χ1n) is 7.62. The van der Waals surface area contributed by atoms with Crippen LogP contribution >= 0.6 is 11.3 Å². The highest BCUT2D eigenvalue weighted by atomic mass is 32.1. The summed E-state index contributed by atoms with van der Waals surface area (Å²) in [7, 11) is 0. The van der Waals surface area contributed by atoms with Crippen molar-refractivity contribution in [1.82, 2.24) is 10.3 Å². The van der Waals surface area contributed by atoms with Gasteiger partial charge in [-0.3, -0.25) is 0 Å². The summed E-state index contributed by atoms with van der Waals surface area (Å²) >= 11 is 1.81. The third-order valence-electron chi connectivity index (χ3n) is 3.96. The Morgan fingerprint density at radius 3 is 2.85 bits per heavy atom. The van der Waals surface area contributed by atoms with E-state index in [2.05, 4.69) is 41.9 Å². The van der Waals surface area contributed by atoms with E-state index in [0.29, 0.717) is 5.92 Å². The highest BCUT2D eigenvalue weighted by Crippen LogP contribution is 2.30. The third kappa shape index (κ3) is 3.10. The van der Waals surface area contributed by atoms with Crippen molar-refractivity contribution in [2.75, 3.05) is 13.1 Å². The summed E-state index contributed by atoms with van der Waals surface area (Å²) in [5.41, 5.74) is 3.80. The van der Waals surface area contributed by atoms with E-state index >= 15 is 0 Å². The number of thiazole rings is 1. The number of nitrogens with one attached hydrogen (secondary N) is 1. The van der Waals surface area contributed by atoms with Crippen molar-refractivity contribution in [2.24, 2.45) is 0 Å². The fourth-order valence-electron chi connectivity index (χ4n) is 2.80. The van der Waals surface area contributed by atoms with Crippen LogP contribution in [0.2, 0.25) is 0 Å². The van der Waals surface area contributed by atoms with E-state index < -0.39 is 0 Å². The van der Waals surface area contributed by atoms with Crippen LogP contribution in [-0.4, -0.2) is 18.1 Å². The summed E-state index contributed by atoms with van der Waals surface area (Å²) in [6.45, 7) is 4.47. The molecule has 0 radical (unpaired) electrons. The molecule has 2 aromatic rings. The Kier molecular flexibility index (Phi) is 4.48. The molecule has 3 rings (SSSR count). The minimum atomic E-state index is 0.613. The van der Waals surface area contributed by atoms with Gasteiger partial charge in [-0.25, -0.2) is 4.98 Å². The van der Waals surface area contributed by atoms with Crippen LogP contribution in [0.15, 0.2) is 29.6 Å². The van der Waals surface area contributed by atoms with Gasteiger partial charge >= 0.3 is 0 Å². The van der Waals surface area contributed by atoms with Crippen LogP contribution in [0, 0.1) is 0 Å². The van der Waals surface area contributed by atoms with Crippen molar-refractivity contribution in [3.8, 4) is 11.3 Å². The number of benzene rings is 1. The largest absolute Gasteiger partial charge is 0.316 e. The fourth-order valence-corrected chi connectivity index (χ4v) is 3.77. The lowest BCUT2D eigenvalue weighted by molar-refractivity contribution is 0.460. The molecule has 1 unspecified atom stereocenters. The van der Waals surface area contributed by atoms with Gasteiger partial charge in [0.05, 0.1) is 10.7 Å². The van der Waals surface area contributed by atoms with Gasteiger partial charge in [0.15, 0.2) is 0 Å². The first-order chi connectivity index (χ1) is 9.86. The molecule has 3 heteroatoms. The Morgan fingerprint density at radius 2 is 2.15 bits per heavy atom. The average Bonchev–Trinajstić information content (AvgIpc) is 2.99. The van der Waals surface area contributed by atoms with E-state index in [0.717, 1.165) is 25.2 Å². The predicted octanol–water partition coefficient (Wildman–Crippen LogP) is 4.23. The summed E-state index contributed by atoms with van der Waals surface area (Å²) in [6.07, 6.45) is 4.91. The molecule has 1 aromatic heterocycles. The van der Waals surface area contributed by atoms with Gasteiger partial charge in [0, 0.05) is 23.4 Å². The molecule has 1 aromatic carbocycles. The molecule has 0 bridgehead atoms. The normalized spacial score (nSPS) is 19.1. The van der Waals surface area contributed by atoms with Gasteiger partial charge in [-0.1, -0.05) is 37.6 Å². The maximum Gasteiger partial charge on any atom is 0.0976 e. The molecule has 1 aliphatic heterocycles. The molecule has 1 N–H and O–H groups in total. The van der Waals surface area contributed by atoms with Crippen molar-refractivity contribution in [2.45, 2.75) is 38.5 Å². The molecule has 0 saturated carbocycles. The van der Waals surface area contributed by atoms with Crippen molar-refractivity contribution in [3.05, 3.63) is 40.2 Å². The lowest BCUT2D eigenvalue weighted by Gasteiger charge is -2.20. The van der Waals surface area contributed by atoms with Crippen molar-refractivity contribution in [1.29, 1.82) is 0 Å². The van der Waals surface area contributed by atoms with Gasteiger partial charge in [0.25, 0.3) is 0 Å². The first kappa shape index (κ1) is 13.8. The molecule has 1 aliphatic rings. The molecule has 20 heavy (non-hydrogen) atoms. The van der Waals surface area contributed by atoms with Crippen LogP contribution in [0.4, 0.5) is 0 Å². The number of piperidine rings is 1. The molecule has 0 aliphatic carbocycles. The van der Waals surface area contributed by atoms with E-state index in [1.165, 1.54) is 35.4 Å². The summed E-state index contributed by atoms with van der Waals surface area (Å²) in [5.74, 6) is 0.613. The van der Waals surface area contributed by atoms with Crippen LogP contribution in [0.1, 0.15) is 42.7 Å². The Balaban J connectivity index is 1.75. The summed E-state index contributed by atoms with van der Waals surface area (Å²) in [4.78, 5) is 4.86. The zero-order valence-corrected chi connectivity index (χ0v) is 12.9. The molecule has 1 fully saturated rings. The van der Waals surface area contributed by atoms with E-state index in [1.807, 2.05) is 11.3 Å². The zero-order valence-electron chi connectivity index (χ0n) is 12.1. The SMILES string of the molecule is CCCc1ccc(-c2csc(C3CCCNC3)n2)cc1. The van der Waals surface area contributed by atoms with Crippen molar-refractivity contribution < 1.29 is 0 Å². The second-order valence-electron chi connectivity index (χ2n) is 5.56. The molecule has 0 spiro atoms. The average molecular weight is 286 g/mol. The van der Waals surface area contributed by atoms with E-state index in [9.17, 15) is 0 Å². The summed E-state index contributed by atoms with van der Waals surface area (Å²) in [6, 6.07) is 8.89. The van der Waals surface area contributed by atoms with Crippen LogP contribution in [0.25, 0.3) is 11.3 Å². The highest BCUT2D eigenvalue weighted by Gasteiger charge is 2.18. The molecule has 2 nitrogen and oxygen atoms in total. The van der Waals surface area contributed by atoms with Gasteiger partial charge in [0.1, 0.15) is 0 Å². The second-order valence-corrected chi connectivity index (χ2v) is 6.45. The van der Waals surface area contributed by atoms with Crippen LogP contribution in [0.5, 0.6) is 0 Å². The van der Waals surface area contributed by atoms with Crippen molar-refractivity contribution in [3.63, 3.8) is 0 Å². The third-order valence-corrected chi connectivity index (χ3v) is 4.96. The maximum atomic E-state index is 4.86. The fraction of sp³-hybridized carbons (Fsp3) is 0.471. The number of hydrogen-bond acceptors (Lipinski definition) is 3. The molecular formula is C17H22N2S. The van der Waals surface area contributed by atoms with Crippen LogP contribution in [-0.2, 0) is 6.42 Å². The number of aryl methyl sites for hydroxylation is 1. The lowest BCUT2D eigenvalue weighted by atomic mass is 10.0. The second kappa shape index (κ2) is 6.51. The minimum Gasteiger partial charge on any atom is -0.316 e. The Labute approximate surface area is 125 Å². The lowest BCUT2D eigenvalue weighted by Crippen LogP contribution is -2.28. The number of rotatable bonds is 4. The smallest absolute Gasteiger partial charge is 0.0976 e. The Bertz CT molecular complexity index is 538. The van der Waals surface area contributed by atoms with Crippen LogP contribution in [0.3, 0.4) is 0 Å². The van der Waals surface area contributed by atoms with E-state index in [1.54, 1.807) is 0 Å². The standard InChI is InChI=1S/C17H22N2S/c1-2-4-13-6-8-14(9-7-13)16-12-20-17(19-16)15-5-3-10-18-11-15/h6-9,12,15,18H,2-5,10-11H2,1H3. The number of hydrogen-bond donors (Lipinski definition) is 1.